The van der Waals surface area contributed by atoms with Crippen molar-refractivity contribution in [3.05, 3.63) is 334 Å². The molecule has 102 heavy (non-hydrogen) atoms. The first-order chi connectivity index (χ1) is 50.5. The van der Waals surface area contributed by atoms with Gasteiger partial charge >= 0.3 is 0 Å². The van der Waals surface area contributed by atoms with Crippen molar-refractivity contribution in [3.8, 4) is 101 Å². The number of pyridine rings is 7. The molecule has 13 nitrogen and oxygen atoms in total. The van der Waals surface area contributed by atoms with Gasteiger partial charge in [0.2, 0.25) is 0 Å². The topological polar surface area (TPSA) is 152 Å². The Morgan fingerprint density at radius 2 is 0.627 bits per heavy atom. The Kier molecular flexibility index (Phi) is 14.5. The molecule has 0 saturated carbocycles. The summed E-state index contributed by atoms with van der Waals surface area (Å²) < 4.78 is 0. The van der Waals surface area contributed by atoms with Crippen molar-refractivity contribution in [1.82, 2.24) is 64.9 Å². The lowest BCUT2D eigenvalue weighted by Gasteiger charge is -2.12. The molecule has 0 radical (unpaired) electrons. The fourth-order valence-corrected chi connectivity index (χ4v) is 13.8. The Bertz CT molecular complexity index is 6550. The van der Waals surface area contributed by atoms with Crippen molar-refractivity contribution in [2.24, 2.45) is 0 Å². The van der Waals surface area contributed by atoms with E-state index >= 15 is 0 Å². The van der Waals surface area contributed by atoms with Crippen molar-refractivity contribution < 1.29 is 0 Å². The van der Waals surface area contributed by atoms with Crippen LogP contribution in [0.5, 0.6) is 0 Å². The summed E-state index contributed by atoms with van der Waals surface area (Å²) in [4.78, 5) is 38.3. The molecule has 0 atom stereocenters. The average Bonchev–Trinajstić information content (AvgIpc) is 1.31. The number of benzene rings is 11. The second-order valence-electron chi connectivity index (χ2n) is 25.1. The minimum absolute atomic E-state index is 0.801. The first-order valence-electron chi connectivity index (χ1n) is 33.7. The highest BCUT2D eigenvalue weighted by Gasteiger charge is 2.21. The van der Waals surface area contributed by atoms with Crippen LogP contribution >= 0.6 is 0 Å². The van der Waals surface area contributed by atoms with Gasteiger partial charge in [0.15, 0.2) is 0 Å². The van der Waals surface area contributed by atoms with E-state index in [1.807, 2.05) is 140 Å². The Labute approximate surface area is 584 Å². The number of aromatic nitrogens is 13. The second-order valence-corrected chi connectivity index (χ2v) is 25.1. The molecule has 0 aliphatic carbocycles. The van der Waals surface area contributed by atoms with Crippen LogP contribution in [0.3, 0.4) is 0 Å². The van der Waals surface area contributed by atoms with Gasteiger partial charge in [0.05, 0.1) is 79.0 Å². The minimum Gasteiger partial charge on any atom is -0.255 e. The smallest absolute Gasteiger partial charge is 0.122 e. The average molecular weight is 1310 g/mol. The molecule has 0 bridgehead atoms. The minimum atomic E-state index is 0.801. The zero-order chi connectivity index (χ0) is 67.5. The van der Waals surface area contributed by atoms with Crippen molar-refractivity contribution in [2.45, 2.75) is 0 Å². The third-order valence-corrected chi connectivity index (χ3v) is 18.8. The van der Waals surface area contributed by atoms with Crippen molar-refractivity contribution in [2.75, 3.05) is 0 Å². The van der Waals surface area contributed by atoms with E-state index in [4.69, 9.17) is 45.3 Å². The van der Waals surface area contributed by atoms with E-state index < -0.39 is 0 Å². The monoisotopic (exact) mass is 1310 g/mol. The van der Waals surface area contributed by atoms with Crippen molar-refractivity contribution in [1.29, 1.82) is 0 Å². The van der Waals surface area contributed by atoms with E-state index in [-0.39, 0.29) is 0 Å². The predicted molar refractivity (Wildman–Crippen MR) is 411 cm³/mol. The Morgan fingerprint density at radius 1 is 0.206 bits per heavy atom. The zero-order valence-corrected chi connectivity index (χ0v) is 54.6. The van der Waals surface area contributed by atoms with Crippen LogP contribution in [0.15, 0.2) is 334 Å². The normalized spacial score (nSPS) is 11.5. The second kappa shape index (κ2) is 25.0. The van der Waals surface area contributed by atoms with Gasteiger partial charge in [-0.2, -0.15) is 9.59 Å². The summed E-state index contributed by atoms with van der Waals surface area (Å²) in [5, 5.41) is 28.1. The molecule has 0 unspecified atom stereocenters. The molecule has 20 rings (SSSR count). The summed E-state index contributed by atoms with van der Waals surface area (Å²) in [6.07, 6.45) is 3.58. The quantitative estimate of drug-likeness (QED) is 0.120. The van der Waals surface area contributed by atoms with Gasteiger partial charge in [0.1, 0.15) is 22.1 Å². The van der Waals surface area contributed by atoms with Crippen LogP contribution < -0.4 is 0 Å². The molecule has 0 aliphatic rings. The van der Waals surface area contributed by atoms with E-state index in [1.54, 1.807) is 22.0 Å². The van der Waals surface area contributed by atoms with Crippen molar-refractivity contribution >= 4 is 87.2 Å². The van der Waals surface area contributed by atoms with E-state index in [1.165, 1.54) is 0 Å². The molecule has 9 heterocycles. The summed E-state index contributed by atoms with van der Waals surface area (Å²) in [6.45, 7) is 0. The highest BCUT2D eigenvalue weighted by molar-refractivity contribution is 6.22. The SMILES string of the molecule is c1ccc(-c2ccc3ccc4ccc(-c5cccc(-c6nc7ccccc7c7c6ccc6nn(-c8ccccc8)nc67)c5)nc4c3n2)cc1.c1ccc(-n2nc3ccc4c(-c5cccc(-c6ccc(-c7cc(-c8ccccn8)nc(-c8ccccn8)c7)cc6)c5)nc5ccccc5c4c3n2)cc1. The molecule has 0 fully saturated rings. The molecular formula is C89H55N13. The molecule has 9 aromatic heterocycles. The van der Waals surface area contributed by atoms with Crippen LogP contribution in [-0.2, 0) is 0 Å². The Balaban J connectivity index is 0.000000142. The van der Waals surface area contributed by atoms with Gasteiger partial charge in [-0.15, -0.1) is 20.4 Å². The molecule has 13 heteroatoms. The zero-order valence-electron chi connectivity index (χ0n) is 54.6. The van der Waals surface area contributed by atoms with Crippen LogP contribution in [0.25, 0.3) is 189 Å². The standard InChI is InChI=1S/C46H29N7.C43H26N6/c1-2-13-35(14-3-1)53-51-41-24-23-37-44(46(41)52-53)36-15-4-5-16-38(36)50-45(37)33-12-10-11-32(27-33)30-19-21-31(22-20-30)34-28-42(39-17-6-8-25-47-39)49-43(29-34)40-18-7-9-26-48-40;1-3-10-27(11-4-1)35-23-20-28-18-19-29-21-24-36(45-42(29)41(28)44-35)30-12-9-13-31(26-30)40-34-22-25-38-43(39(34)33-16-7-8-17-37(33)46-40)48-49(47-38)32-14-5-2-6-15-32/h1-29H;1-26H. The Morgan fingerprint density at radius 3 is 1.14 bits per heavy atom. The molecular weight excluding hydrogens is 1250 g/mol. The van der Waals surface area contributed by atoms with Crippen LogP contribution in [0.1, 0.15) is 0 Å². The molecule has 0 spiro atoms. The van der Waals surface area contributed by atoms with Crippen molar-refractivity contribution in [3.63, 3.8) is 0 Å². The van der Waals surface area contributed by atoms with Gasteiger partial charge < -0.3 is 0 Å². The van der Waals surface area contributed by atoms with E-state index in [9.17, 15) is 0 Å². The van der Waals surface area contributed by atoms with Gasteiger partial charge in [-0.25, -0.2) is 24.9 Å². The Hall–Kier alpha value is -14.2. The fraction of sp³-hybridized carbons (Fsp3) is 0. The number of hydrogen-bond donors (Lipinski definition) is 0. The molecule has 0 amide bonds. The molecule has 476 valence electrons. The largest absolute Gasteiger partial charge is 0.255 e. The summed E-state index contributed by atoms with van der Waals surface area (Å²) in [5.41, 5.74) is 24.1. The highest BCUT2D eigenvalue weighted by atomic mass is 15.5. The number of hydrogen-bond acceptors (Lipinski definition) is 11. The van der Waals surface area contributed by atoms with Crippen LogP contribution in [0, 0.1) is 0 Å². The van der Waals surface area contributed by atoms with E-state index in [0.717, 1.165) is 189 Å². The lowest BCUT2D eigenvalue weighted by molar-refractivity contribution is 0.766. The number of nitrogens with zero attached hydrogens (tertiary/aromatic N) is 13. The first kappa shape index (κ1) is 59.1. The summed E-state index contributed by atoms with van der Waals surface area (Å²) in [7, 11) is 0. The lowest BCUT2D eigenvalue weighted by Crippen LogP contribution is -1.97. The van der Waals surface area contributed by atoms with Gasteiger partial charge in [-0.05, 0) is 144 Å². The number of para-hydroxylation sites is 4. The van der Waals surface area contributed by atoms with Gasteiger partial charge in [-0.3, -0.25) is 9.97 Å². The van der Waals surface area contributed by atoms with Gasteiger partial charge in [-0.1, -0.05) is 200 Å². The summed E-state index contributed by atoms with van der Waals surface area (Å²) in [5.74, 6) is 0. The molecule has 20 aromatic rings. The fourth-order valence-electron chi connectivity index (χ4n) is 13.8. The van der Waals surface area contributed by atoms with E-state index in [0.29, 0.717) is 0 Å². The van der Waals surface area contributed by atoms with Crippen LogP contribution in [0.4, 0.5) is 0 Å². The van der Waals surface area contributed by atoms with Gasteiger partial charge in [0, 0.05) is 77.7 Å². The molecule has 11 aromatic carbocycles. The number of rotatable bonds is 10. The number of fused-ring (bicyclic) bond motifs is 13. The maximum atomic E-state index is 5.23. The molecule has 0 aliphatic heterocycles. The maximum Gasteiger partial charge on any atom is 0.122 e. The summed E-state index contributed by atoms with van der Waals surface area (Å²) >= 11 is 0. The summed E-state index contributed by atoms with van der Waals surface area (Å²) in [6, 6.07) is 110. The third kappa shape index (κ3) is 10.8. The van der Waals surface area contributed by atoms with Crippen LogP contribution in [-0.4, -0.2) is 64.9 Å². The van der Waals surface area contributed by atoms with E-state index in [2.05, 4.69) is 192 Å². The predicted octanol–water partition coefficient (Wildman–Crippen LogP) is 20.9. The maximum absolute atomic E-state index is 5.23. The molecule has 0 N–H and O–H groups in total. The van der Waals surface area contributed by atoms with Gasteiger partial charge in [0.25, 0.3) is 0 Å². The third-order valence-electron chi connectivity index (χ3n) is 18.8. The molecule has 0 saturated heterocycles. The highest BCUT2D eigenvalue weighted by Crippen LogP contribution is 2.41. The van der Waals surface area contributed by atoms with Crippen LogP contribution in [0.2, 0.25) is 0 Å². The lowest BCUT2D eigenvalue weighted by atomic mass is 9.95. The first-order valence-corrected chi connectivity index (χ1v) is 33.7.